The maximum Gasteiger partial charge on any atom is 2.00 e. The van der Waals surface area contributed by atoms with Gasteiger partial charge in [-0.3, -0.25) is 9.11 Å². The molecule has 0 unspecified atom stereocenters. The van der Waals surface area contributed by atoms with Crippen LogP contribution in [0, 0.1) is 0 Å². The number of benzene rings is 4. The fourth-order valence-electron chi connectivity index (χ4n) is 5.58. The summed E-state index contributed by atoms with van der Waals surface area (Å²) in [6.07, 6.45) is 2.02. The molecule has 325 valence electrons. The van der Waals surface area contributed by atoms with E-state index in [1.807, 2.05) is 0 Å². The van der Waals surface area contributed by atoms with Gasteiger partial charge in [-0.25, -0.2) is 19.2 Å². The zero-order valence-corrected chi connectivity index (χ0v) is 36.4. The van der Waals surface area contributed by atoms with E-state index in [0.29, 0.717) is 9.36 Å². The van der Waals surface area contributed by atoms with Crippen LogP contribution in [-0.4, -0.2) is 100 Å². The first-order valence-corrected chi connectivity index (χ1v) is 19.6. The number of hydrogen-bond donors (Lipinski definition) is 8. The van der Waals surface area contributed by atoms with Crippen molar-refractivity contribution in [2.24, 2.45) is 20.5 Å². The van der Waals surface area contributed by atoms with E-state index in [9.17, 15) is 75.8 Å². The summed E-state index contributed by atoms with van der Waals surface area (Å²) in [7, 11) is -10.2. The van der Waals surface area contributed by atoms with Crippen LogP contribution >= 0.6 is 0 Å². The third-order valence-electron chi connectivity index (χ3n) is 8.33. The van der Waals surface area contributed by atoms with E-state index in [0.717, 1.165) is 48.6 Å². The predicted molar refractivity (Wildman–Crippen MR) is 208 cm³/mol. The van der Waals surface area contributed by atoms with E-state index in [-0.39, 0.29) is 91.6 Å². The van der Waals surface area contributed by atoms with Gasteiger partial charge in [0.25, 0.3) is 20.2 Å². The second kappa shape index (κ2) is 19.6. The minimum absolute atomic E-state index is 0. The Kier molecular flexibility index (Phi) is 15.2. The number of azo groups is 2. The Morgan fingerprint density at radius 3 is 1.19 bits per heavy atom. The number of aromatic hydroxyl groups is 2. The maximum absolute atomic E-state index is 12.4. The molecule has 8 N–H and O–H groups in total. The molecule has 0 spiro atoms. The van der Waals surface area contributed by atoms with Gasteiger partial charge in [0.2, 0.25) is 23.1 Å². The summed E-state index contributed by atoms with van der Waals surface area (Å²) in [4.78, 5) is 45.6. The first kappa shape index (κ1) is 49.7. The fourth-order valence-corrected chi connectivity index (χ4v) is 6.98. The maximum atomic E-state index is 12.4. The Balaban J connectivity index is 0.00000449. The summed E-state index contributed by atoms with van der Waals surface area (Å²) in [5.74, 6) is -8.17. The van der Waals surface area contributed by atoms with Crippen molar-refractivity contribution in [1.29, 1.82) is 0 Å². The van der Waals surface area contributed by atoms with Gasteiger partial charge in [-0.05, 0) is 59.7 Å². The van der Waals surface area contributed by atoms with Crippen molar-refractivity contribution in [3.05, 3.63) is 119 Å². The third-order valence-corrected chi connectivity index (χ3v) is 10.1. The smallest absolute Gasteiger partial charge is 0.492 e. The quantitative estimate of drug-likeness (QED) is 0.0336. The van der Waals surface area contributed by atoms with E-state index in [1.54, 1.807) is 0 Å². The topological polar surface area (TPSA) is 383 Å². The summed E-state index contributed by atoms with van der Waals surface area (Å²) >= 11 is 0. The molecule has 64 heavy (non-hydrogen) atoms. The summed E-state index contributed by atoms with van der Waals surface area (Å²) in [6.45, 7) is 0. The number of carboxylic acid groups (broad SMARTS) is 4. The molecule has 0 amide bonds. The molecule has 28 heteroatoms. The average molecular weight is 975 g/mol. The molecule has 0 aliphatic carbocycles. The first-order valence-electron chi connectivity index (χ1n) is 16.7. The number of rotatable bonds is 14. The van der Waals surface area contributed by atoms with Crippen molar-refractivity contribution in [3.63, 3.8) is 0 Å². The SMILES string of the molecule is O=C(O)c1ccccc1-n1nc(C(=O)O)c(N=Nc2ccc(/C=C/c3ccc(N=Nc4c(C(=O)O)nn(-c5ccccc5C(=O)O)c4O)cc3S(=O)(=O)O)c(S(=O)(=O)O)c2)c1O.[Cu+2].[Na+]. The summed E-state index contributed by atoms with van der Waals surface area (Å²) in [6, 6.07) is 16.2. The molecule has 0 saturated heterocycles. The molecule has 1 radical (unpaired) electrons. The molecule has 0 atom stereocenters. The van der Waals surface area contributed by atoms with Crippen molar-refractivity contribution in [2.45, 2.75) is 9.79 Å². The van der Waals surface area contributed by atoms with Crippen molar-refractivity contribution in [2.75, 3.05) is 0 Å². The van der Waals surface area contributed by atoms with Gasteiger partial charge >= 0.3 is 70.5 Å². The van der Waals surface area contributed by atoms with Crippen LogP contribution < -0.4 is 29.6 Å². The van der Waals surface area contributed by atoms with Crippen molar-refractivity contribution >= 4 is 79.0 Å². The summed E-state index contributed by atoms with van der Waals surface area (Å²) in [5.41, 5.74) is -5.72. The van der Waals surface area contributed by atoms with Crippen LogP contribution in [0.2, 0.25) is 0 Å². The van der Waals surface area contributed by atoms with Crippen LogP contribution in [0.3, 0.4) is 0 Å². The Hall–Kier alpha value is -6.94. The fraction of sp³-hybridized carbons (Fsp3) is 0. The van der Waals surface area contributed by atoms with Gasteiger partial charge < -0.3 is 30.6 Å². The minimum atomic E-state index is -5.09. The standard InChI is InChI=1S/C36H24N8O16S2.Cu.Na/c45-31-27(29(35(51)52)41-43(31)23-7-3-1-5-21(23)33(47)48)39-37-19-13-11-17(25(15-19)61(55,56)57)9-10-18-12-14-20(16-26(18)62(58,59)60)38-40-28-30(36(53)54)42-44(32(28)46)24-8-4-2-6-22(24)34(49)50;;/h1-16,45-46H,(H,47,48)(H,49,50)(H,51,52)(H,53,54)(H,55,56,57)(H,58,59,60);;/q;+2;+1/b10-9+,39-37?,40-38?;;. The summed E-state index contributed by atoms with van der Waals surface area (Å²) < 4.78 is 71.0. The van der Waals surface area contributed by atoms with E-state index >= 15 is 0 Å². The van der Waals surface area contributed by atoms with E-state index in [4.69, 9.17) is 0 Å². The minimum Gasteiger partial charge on any atom is -0.492 e. The number of aromatic nitrogens is 4. The number of nitrogens with zero attached hydrogens (tertiary/aromatic N) is 8. The molecule has 6 aromatic rings. The normalized spacial score (nSPS) is 11.7. The zero-order chi connectivity index (χ0) is 45.3. The molecular formula is C36H24CuN8NaO16S2+3. The largest absolute Gasteiger partial charge is 2.00 e. The Labute approximate surface area is 390 Å². The van der Waals surface area contributed by atoms with Gasteiger partial charge in [-0.15, -0.1) is 10.2 Å². The molecule has 0 saturated carbocycles. The summed E-state index contributed by atoms with van der Waals surface area (Å²) in [5, 5.41) is 82.3. The number of hydrogen-bond acceptors (Lipinski definition) is 16. The number of carbonyl (C=O) groups is 4. The van der Waals surface area contributed by atoms with Crippen molar-refractivity contribution in [3.8, 4) is 23.1 Å². The monoisotopic (exact) mass is 974 g/mol. The predicted octanol–water partition coefficient (Wildman–Crippen LogP) is 2.76. The van der Waals surface area contributed by atoms with Crippen LogP contribution in [0.4, 0.5) is 22.7 Å². The Morgan fingerprint density at radius 1 is 0.531 bits per heavy atom. The molecule has 0 fully saturated rings. The molecule has 0 aliphatic rings. The van der Waals surface area contributed by atoms with Gasteiger partial charge in [0, 0.05) is 0 Å². The average Bonchev–Trinajstić information content (AvgIpc) is 3.73. The van der Waals surface area contributed by atoms with Crippen molar-refractivity contribution in [1.82, 2.24) is 19.6 Å². The van der Waals surface area contributed by atoms with Gasteiger partial charge in [-0.2, -0.15) is 46.6 Å². The van der Waals surface area contributed by atoms with Gasteiger partial charge in [0.15, 0.2) is 11.4 Å². The molecule has 2 heterocycles. The molecule has 0 aliphatic heterocycles. The number of carboxylic acids is 4. The molecule has 2 aromatic heterocycles. The van der Waals surface area contributed by atoms with E-state index < -0.39 is 88.4 Å². The molecular weight excluding hydrogens is 951 g/mol. The second-order valence-electron chi connectivity index (χ2n) is 12.2. The molecule has 4 aromatic carbocycles. The van der Waals surface area contributed by atoms with Crippen LogP contribution in [0.1, 0.15) is 52.8 Å². The van der Waals surface area contributed by atoms with E-state index in [2.05, 4.69) is 30.7 Å². The second-order valence-corrected chi connectivity index (χ2v) is 15.0. The van der Waals surface area contributed by atoms with Gasteiger partial charge in [0.1, 0.15) is 9.79 Å². The number of aromatic carboxylic acids is 4. The van der Waals surface area contributed by atoms with Crippen LogP contribution in [-0.2, 0) is 37.3 Å². The first-order chi connectivity index (χ1) is 29.2. The van der Waals surface area contributed by atoms with Crippen LogP contribution in [0.15, 0.2) is 115 Å². The molecule has 24 nitrogen and oxygen atoms in total. The van der Waals surface area contributed by atoms with Crippen molar-refractivity contribution < 1.29 is 122 Å². The van der Waals surface area contributed by atoms with Crippen LogP contribution in [0.25, 0.3) is 23.5 Å². The van der Waals surface area contributed by atoms with E-state index in [1.165, 1.54) is 48.5 Å². The molecule has 6 rings (SSSR count). The number of para-hydroxylation sites is 2. The Bertz CT molecular complexity index is 2990. The Morgan fingerprint density at radius 2 is 0.875 bits per heavy atom. The van der Waals surface area contributed by atoms with Gasteiger partial charge in [-0.1, -0.05) is 48.6 Å². The zero-order valence-electron chi connectivity index (χ0n) is 31.8. The van der Waals surface area contributed by atoms with Crippen LogP contribution in [0.5, 0.6) is 11.8 Å². The molecule has 0 bridgehead atoms. The third kappa shape index (κ3) is 10.5. The van der Waals surface area contributed by atoms with Gasteiger partial charge in [0.05, 0.1) is 33.9 Å².